The van der Waals surface area contributed by atoms with Gasteiger partial charge in [-0.3, -0.25) is 4.79 Å². The number of hydrogen-bond acceptors (Lipinski definition) is 2. The Bertz CT molecular complexity index is 541. The first kappa shape index (κ1) is 12.4. The fraction of sp³-hybridized carbons (Fsp3) is 0.188. The minimum Gasteiger partial charge on any atom is -0.508 e. The van der Waals surface area contributed by atoms with Crippen molar-refractivity contribution in [3.8, 4) is 5.75 Å². The molecule has 92 valence electrons. The summed E-state index contributed by atoms with van der Waals surface area (Å²) in [5.74, 6) is 0.417. The van der Waals surface area contributed by atoms with Crippen molar-refractivity contribution in [3.63, 3.8) is 0 Å². The summed E-state index contributed by atoms with van der Waals surface area (Å²) in [7, 11) is 0. The lowest BCUT2D eigenvalue weighted by atomic mass is 9.99. The summed E-state index contributed by atoms with van der Waals surface area (Å²) in [5.41, 5.74) is 3.17. The Hall–Kier alpha value is -2.09. The van der Waals surface area contributed by atoms with Gasteiger partial charge in [-0.05, 0) is 35.7 Å². The largest absolute Gasteiger partial charge is 0.508 e. The van der Waals surface area contributed by atoms with Gasteiger partial charge in [-0.25, -0.2) is 0 Å². The highest BCUT2D eigenvalue weighted by Crippen LogP contribution is 2.13. The van der Waals surface area contributed by atoms with E-state index in [0.29, 0.717) is 12.8 Å². The zero-order valence-electron chi connectivity index (χ0n) is 10.4. The minimum absolute atomic E-state index is 0.190. The lowest BCUT2D eigenvalue weighted by Crippen LogP contribution is -2.07. The van der Waals surface area contributed by atoms with Crippen LogP contribution in [0.5, 0.6) is 5.75 Å². The van der Waals surface area contributed by atoms with E-state index in [9.17, 15) is 9.90 Å². The summed E-state index contributed by atoms with van der Waals surface area (Å²) < 4.78 is 0. The molecule has 0 atom stereocenters. The first-order valence-electron chi connectivity index (χ1n) is 5.99. The molecule has 0 aliphatic heterocycles. The van der Waals surface area contributed by atoms with Crippen LogP contribution in [0.4, 0.5) is 0 Å². The average molecular weight is 240 g/mol. The van der Waals surface area contributed by atoms with Crippen molar-refractivity contribution in [2.45, 2.75) is 19.8 Å². The maximum atomic E-state index is 12.0. The van der Waals surface area contributed by atoms with Gasteiger partial charge in [0.25, 0.3) is 0 Å². The zero-order valence-corrected chi connectivity index (χ0v) is 10.4. The van der Waals surface area contributed by atoms with Crippen molar-refractivity contribution < 1.29 is 9.90 Å². The average Bonchev–Trinajstić information content (AvgIpc) is 2.35. The lowest BCUT2D eigenvalue weighted by molar-refractivity contribution is -0.117. The molecule has 0 aliphatic carbocycles. The van der Waals surface area contributed by atoms with Crippen molar-refractivity contribution in [1.29, 1.82) is 0 Å². The van der Waals surface area contributed by atoms with Crippen LogP contribution in [0.15, 0.2) is 48.5 Å². The number of carbonyl (C=O) groups excluding carboxylic acids is 1. The van der Waals surface area contributed by atoms with Crippen LogP contribution in [0.25, 0.3) is 0 Å². The van der Waals surface area contributed by atoms with Crippen molar-refractivity contribution >= 4 is 5.78 Å². The Morgan fingerprint density at radius 3 is 2.33 bits per heavy atom. The SMILES string of the molecule is Cc1ccccc1CC(=O)Cc1ccc(O)cc1. The van der Waals surface area contributed by atoms with Gasteiger partial charge in [0.15, 0.2) is 0 Å². The molecule has 0 radical (unpaired) electrons. The van der Waals surface area contributed by atoms with Crippen molar-refractivity contribution in [2.75, 3.05) is 0 Å². The van der Waals surface area contributed by atoms with Crippen molar-refractivity contribution in [2.24, 2.45) is 0 Å². The van der Waals surface area contributed by atoms with Crippen LogP contribution in [-0.2, 0) is 17.6 Å². The molecular weight excluding hydrogens is 224 g/mol. The Balaban J connectivity index is 2.01. The van der Waals surface area contributed by atoms with Crippen LogP contribution in [0.1, 0.15) is 16.7 Å². The normalized spacial score (nSPS) is 10.3. The molecule has 1 N–H and O–H groups in total. The number of carbonyl (C=O) groups is 1. The van der Waals surface area contributed by atoms with E-state index in [2.05, 4.69) is 0 Å². The van der Waals surface area contributed by atoms with Crippen molar-refractivity contribution in [1.82, 2.24) is 0 Å². The summed E-state index contributed by atoms with van der Waals surface area (Å²) in [4.78, 5) is 12.0. The second-order valence-corrected chi connectivity index (χ2v) is 4.49. The number of aryl methyl sites for hydroxylation is 1. The molecule has 0 fully saturated rings. The first-order valence-corrected chi connectivity index (χ1v) is 5.99. The van der Waals surface area contributed by atoms with E-state index in [4.69, 9.17) is 0 Å². The molecule has 0 bridgehead atoms. The Kier molecular flexibility index (Phi) is 3.78. The van der Waals surface area contributed by atoms with Gasteiger partial charge in [0.05, 0.1) is 0 Å². The molecule has 18 heavy (non-hydrogen) atoms. The molecule has 2 rings (SSSR count). The van der Waals surface area contributed by atoms with Gasteiger partial charge in [0, 0.05) is 12.8 Å². The molecule has 2 aromatic rings. The standard InChI is InChI=1S/C16H16O2/c1-12-4-2-3-5-14(12)11-16(18)10-13-6-8-15(17)9-7-13/h2-9,17H,10-11H2,1H3. The number of hydrogen-bond donors (Lipinski definition) is 1. The smallest absolute Gasteiger partial charge is 0.141 e. The molecule has 2 heteroatoms. The molecule has 0 saturated carbocycles. The summed E-state index contributed by atoms with van der Waals surface area (Å²) in [5, 5.41) is 9.18. The molecule has 2 nitrogen and oxygen atoms in total. The highest BCUT2D eigenvalue weighted by molar-refractivity contribution is 5.83. The maximum absolute atomic E-state index is 12.0. The molecule has 0 unspecified atom stereocenters. The second-order valence-electron chi connectivity index (χ2n) is 4.49. The number of rotatable bonds is 4. The van der Waals surface area contributed by atoms with E-state index in [0.717, 1.165) is 16.7 Å². The van der Waals surface area contributed by atoms with Gasteiger partial charge >= 0.3 is 0 Å². The number of benzene rings is 2. The molecule has 0 aromatic heterocycles. The second kappa shape index (κ2) is 5.50. The highest BCUT2D eigenvalue weighted by atomic mass is 16.3. The van der Waals surface area contributed by atoms with E-state index < -0.39 is 0 Å². The number of phenols is 1. The van der Waals surface area contributed by atoms with Gasteiger partial charge < -0.3 is 5.11 Å². The Morgan fingerprint density at radius 2 is 1.67 bits per heavy atom. The Labute approximate surface area is 107 Å². The van der Waals surface area contributed by atoms with Crippen LogP contribution < -0.4 is 0 Å². The van der Waals surface area contributed by atoms with E-state index in [1.165, 1.54) is 0 Å². The van der Waals surface area contributed by atoms with Gasteiger partial charge in [-0.15, -0.1) is 0 Å². The lowest BCUT2D eigenvalue weighted by Gasteiger charge is -2.05. The molecular formula is C16H16O2. The van der Waals surface area contributed by atoms with Crippen LogP contribution in [0.3, 0.4) is 0 Å². The number of Topliss-reactive ketones (excluding diaryl/α,β-unsaturated/α-hetero) is 1. The molecule has 2 aromatic carbocycles. The third-order valence-corrected chi connectivity index (χ3v) is 2.99. The van der Waals surface area contributed by atoms with E-state index in [1.807, 2.05) is 31.2 Å². The third kappa shape index (κ3) is 3.20. The van der Waals surface area contributed by atoms with E-state index >= 15 is 0 Å². The molecule has 0 saturated heterocycles. The van der Waals surface area contributed by atoms with E-state index in [-0.39, 0.29) is 11.5 Å². The fourth-order valence-electron chi connectivity index (χ4n) is 1.92. The van der Waals surface area contributed by atoms with Crippen LogP contribution in [-0.4, -0.2) is 10.9 Å². The number of phenolic OH excluding ortho intramolecular Hbond substituents is 1. The maximum Gasteiger partial charge on any atom is 0.141 e. The van der Waals surface area contributed by atoms with Crippen LogP contribution in [0, 0.1) is 6.92 Å². The van der Waals surface area contributed by atoms with E-state index in [1.54, 1.807) is 24.3 Å². The third-order valence-electron chi connectivity index (χ3n) is 2.99. The van der Waals surface area contributed by atoms with Crippen LogP contribution in [0.2, 0.25) is 0 Å². The fourth-order valence-corrected chi connectivity index (χ4v) is 1.92. The summed E-state index contributed by atoms with van der Waals surface area (Å²) in [6.45, 7) is 2.02. The molecule has 0 aliphatic rings. The van der Waals surface area contributed by atoms with Gasteiger partial charge in [0.2, 0.25) is 0 Å². The quantitative estimate of drug-likeness (QED) is 0.891. The summed E-state index contributed by atoms with van der Waals surface area (Å²) in [6, 6.07) is 14.7. The topological polar surface area (TPSA) is 37.3 Å². The predicted octanol–water partition coefficient (Wildman–Crippen LogP) is 3.05. The minimum atomic E-state index is 0.190. The summed E-state index contributed by atoms with van der Waals surface area (Å²) >= 11 is 0. The zero-order chi connectivity index (χ0) is 13.0. The van der Waals surface area contributed by atoms with Crippen LogP contribution >= 0.6 is 0 Å². The van der Waals surface area contributed by atoms with Crippen molar-refractivity contribution in [3.05, 3.63) is 65.2 Å². The first-order chi connectivity index (χ1) is 8.65. The summed E-state index contributed by atoms with van der Waals surface area (Å²) in [6.07, 6.45) is 0.877. The van der Waals surface area contributed by atoms with Gasteiger partial charge in [-0.1, -0.05) is 36.4 Å². The molecule has 0 amide bonds. The highest BCUT2D eigenvalue weighted by Gasteiger charge is 2.06. The Morgan fingerprint density at radius 1 is 1.00 bits per heavy atom. The van der Waals surface area contributed by atoms with Gasteiger partial charge in [0.1, 0.15) is 11.5 Å². The predicted molar refractivity (Wildman–Crippen MR) is 71.7 cm³/mol. The molecule has 0 heterocycles. The number of aromatic hydroxyl groups is 1. The monoisotopic (exact) mass is 240 g/mol. The number of ketones is 1. The molecule has 0 spiro atoms. The van der Waals surface area contributed by atoms with Gasteiger partial charge in [-0.2, -0.15) is 0 Å².